The maximum atomic E-state index is 11.4. The van der Waals surface area contributed by atoms with E-state index in [1.165, 1.54) is 12.0 Å². The molecule has 0 aliphatic heterocycles. The molecule has 0 unspecified atom stereocenters. The lowest BCUT2D eigenvalue weighted by Gasteiger charge is -2.61. The summed E-state index contributed by atoms with van der Waals surface area (Å²) in [5.41, 5.74) is 1.99. The van der Waals surface area contributed by atoms with E-state index >= 15 is 0 Å². The van der Waals surface area contributed by atoms with Gasteiger partial charge in [-0.05, 0) is 36.2 Å². The number of carbonyl (C=O) groups excluding carboxylic acids is 1. The van der Waals surface area contributed by atoms with Gasteiger partial charge in [-0.3, -0.25) is 4.79 Å². The molecule has 1 nitrogen and oxygen atoms in total. The van der Waals surface area contributed by atoms with Crippen molar-refractivity contribution in [3.63, 3.8) is 0 Å². The van der Waals surface area contributed by atoms with Gasteiger partial charge in [-0.2, -0.15) is 0 Å². The minimum absolute atomic E-state index is 0.277. The van der Waals surface area contributed by atoms with Crippen LogP contribution in [0, 0.1) is 16.7 Å². The second kappa shape index (κ2) is 2.26. The lowest BCUT2D eigenvalue weighted by molar-refractivity contribution is -0.130. The molecule has 0 bridgehead atoms. The Morgan fingerprint density at radius 1 is 1.38 bits per heavy atom. The number of fused-ring (bicyclic) bond motifs is 1. The SMILES string of the molecule is CC1=CC(=O)C[C@]2(C)CC(C)(C)[C@H]12. The van der Waals surface area contributed by atoms with Crippen LogP contribution >= 0.6 is 0 Å². The van der Waals surface area contributed by atoms with Crippen molar-refractivity contribution >= 4 is 5.78 Å². The second-order valence-electron chi connectivity index (χ2n) is 5.78. The number of ketones is 1. The highest BCUT2D eigenvalue weighted by Crippen LogP contribution is 2.64. The Morgan fingerprint density at radius 2 is 2.00 bits per heavy atom. The molecule has 72 valence electrons. The predicted molar refractivity (Wildman–Crippen MR) is 53.4 cm³/mol. The number of hydrogen-bond acceptors (Lipinski definition) is 1. The molecule has 13 heavy (non-hydrogen) atoms. The molecule has 1 heteroatoms. The highest BCUT2D eigenvalue weighted by molar-refractivity contribution is 5.92. The molecule has 1 fully saturated rings. The van der Waals surface area contributed by atoms with Crippen molar-refractivity contribution in [3.05, 3.63) is 11.6 Å². The van der Waals surface area contributed by atoms with E-state index in [2.05, 4.69) is 27.7 Å². The van der Waals surface area contributed by atoms with Gasteiger partial charge in [0.2, 0.25) is 0 Å². The van der Waals surface area contributed by atoms with E-state index < -0.39 is 0 Å². The van der Waals surface area contributed by atoms with E-state index in [-0.39, 0.29) is 5.41 Å². The molecule has 0 heterocycles. The first kappa shape index (κ1) is 8.98. The summed E-state index contributed by atoms with van der Waals surface area (Å²) in [6.45, 7) is 9.00. The van der Waals surface area contributed by atoms with E-state index in [9.17, 15) is 4.79 Å². The summed E-state index contributed by atoms with van der Waals surface area (Å²) in [5.74, 6) is 0.962. The quantitative estimate of drug-likeness (QED) is 0.557. The Labute approximate surface area is 80.2 Å². The summed E-state index contributed by atoms with van der Waals surface area (Å²) >= 11 is 0. The van der Waals surface area contributed by atoms with Gasteiger partial charge >= 0.3 is 0 Å². The molecule has 2 aliphatic rings. The van der Waals surface area contributed by atoms with Crippen molar-refractivity contribution < 1.29 is 4.79 Å². The topological polar surface area (TPSA) is 17.1 Å². The zero-order chi connectivity index (χ0) is 9.85. The molecule has 0 radical (unpaired) electrons. The van der Waals surface area contributed by atoms with E-state index in [4.69, 9.17) is 0 Å². The summed E-state index contributed by atoms with van der Waals surface area (Å²) in [7, 11) is 0. The molecule has 0 spiro atoms. The molecule has 0 aromatic heterocycles. The molecule has 2 aliphatic carbocycles. The summed E-state index contributed by atoms with van der Waals surface area (Å²) in [4.78, 5) is 11.4. The van der Waals surface area contributed by atoms with Crippen LogP contribution in [0.1, 0.15) is 40.5 Å². The average molecular weight is 178 g/mol. The second-order valence-corrected chi connectivity index (χ2v) is 5.78. The first-order valence-corrected chi connectivity index (χ1v) is 5.06. The third-order valence-electron chi connectivity index (χ3n) is 3.76. The Hall–Kier alpha value is -0.590. The van der Waals surface area contributed by atoms with Gasteiger partial charge < -0.3 is 0 Å². The monoisotopic (exact) mass is 178 g/mol. The molecule has 0 N–H and O–H groups in total. The van der Waals surface area contributed by atoms with Crippen LogP contribution in [-0.2, 0) is 4.79 Å². The molecule has 2 rings (SSSR count). The standard InChI is InChI=1S/C12H18O/c1-8-5-9(13)6-12(4)7-11(2,3)10(8)12/h5,10H,6-7H2,1-4H3/t10-,12+/m0/s1. The van der Waals surface area contributed by atoms with Gasteiger partial charge in [-0.1, -0.05) is 26.3 Å². The minimum Gasteiger partial charge on any atom is -0.295 e. The van der Waals surface area contributed by atoms with Crippen LogP contribution in [0.25, 0.3) is 0 Å². The summed E-state index contributed by atoms with van der Waals surface area (Å²) in [5, 5.41) is 0. The van der Waals surface area contributed by atoms with Crippen LogP contribution in [0.5, 0.6) is 0 Å². The van der Waals surface area contributed by atoms with Crippen molar-refractivity contribution in [1.29, 1.82) is 0 Å². The van der Waals surface area contributed by atoms with Gasteiger partial charge in [0.05, 0.1) is 0 Å². The fourth-order valence-electron chi connectivity index (χ4n) is 4.17. The van der Waals surface area contributed by atoms with Crippen LogP contribution in [0.3, 0.4) is 0 Å². The van der Waals surface area contributed by atoms with E-state index in [1.54, 1.807) is 0 Å². The molecule has 1 saturated carbocycles. The molecular formula is C12H18O. The molecular weight excluding hydrogens is 160 g/mol. The zero-order valence-electron chi connectivity index (χ0n) is 8.98. The van der Waals surface area contributed by atoms with Crippen LogP contribution in [-0.4, -0.2) is 5.78 Å². The molecule has 0 saturated heterocycles. The van der Waals surface area contributed by atoms with Gasteiger partial charge in [0.15, 0.2) is 5.78 Å². The average Bonchev–Trinajstić information content (AvgIpc) is 1.77. The Morgan fingerprint density at radius 3 is 2.46 bits per heavy atom. The molecule has 0 aromatic rings. The van der Waals surface area contributed by atoms with Gasteiger partial charge in [0.1, 0.15) is 0 Å². The molecule has 2 atom stereocenters. The van der Waals surface area contributed by atoms with E-state index in [0.717, 1.165) is 6.42 Å². The fraction of sp³-hybridized carbons (Fsp3) is 0.750. The van der Waals surface area contributed by atoms with Crippen molar-refractivity contribution in [3.8, 4) is 0 Å². The summed E-state index contributed by atoms with van der Waals surface area (Å²) in [6, 6.07) is 0. The third-order valence-corrected chi connectivity index (χ3v) is 3.76. The predicted octanol–water partition coefficient (Wildman–Crippen LogP) is 2.96. The van der Waals surface area contributed by atoms with E-state index in [0.29, 0.717) is 17.1 Å². The minimum atomic E-state index is 0.277. The lowest BCUT2D eigenvalue weighted by atomic mass is 9.43. The maximum absolute atomic E-state index is 11.4. The highest BCUT2D eigenvalue weighted by Gasteiger charge is 2.57. The van der Waals surface area contributed by atoms with Crippen molar-refractivity contribution in [1.82, 2.24) is 0 Å². The molecule has 0 aromatic carbocycles. The molecule has 0 amide bonds. The largest absolute Gasteiger partial charge is 0.295 e. The smallest absolute Gasteiger partial charge is 0.156 e. The van der Waals surface area contributed by atoms with Crippen molar-refractivity contribution in [2.45, 2.75) is 40.5 Å². The van der Waals surface area contributed by atoms with Crippen molar-refractivity contribution in [2.75, 3.05) is 0 Å². The number of hydrogen-bond donors (Lipinski definition) is 0. The normalized spacial score (nSPS) is 42.0. The van der Waals surface area contributed by atoms with Gasteiger partial charge in [-0.15, -0.1) is 0 Å². The first-order valence-electron chi connectivity index (χ1n) is 5.06. The van der Waals surface area contributed by atoms with Crippen LogP contribution in [0.15, 0.2) is 11.6 Å². The summed E-state index contributed by atoms with van der Waals surface area (Å²) < 4.78 is 0. The number of carbonyl (C=O) groups is 1. The Bertz CT molecular complexity index is 298. The Kier molecular flexibility index (Phi) is 1.56. The van der Waals surface area contributed by atoms with E-state index in [1.807, 2.05) is 6.08 Å². The van der Waals surface area contributed by atoms with Gasteiger partial charge in [0, 0.05) is 6.42 Å². The highest BCUT2D eigenvalue weighted by atomic mass is 16.1. The third kappa shape index (κ3) is 1.09. The van der Waals surface area contributed by atoms with Crippen LogP contribution in [0.2, 0.25) is 0 Å². The maximum Gasteiger partial charge on any atom is 0.156 e. The number of rotatable bonds is 0. The van der Waals surface area contributed by atoms with Crippen LogP contribution in [0.4, 0.5) is 0 Å². The Balaban J connectivity index is 2.38. The van der Waals surface area contributed by atoms with Crippen molar-refractivity contribution in [2.24, 2.45) is 16.7 Å². The van der Waals surface area contributed by atoms with Crippen LogP contribution < -0.4 is 0 Å². The lowest BCUT2D eigenvalue weighted by Crippen LogP contribution is -2.54. The first-order chi connectivity index (χ1) is 5.85. The van der Waals surface area contributed by atoms with Gasteiger partial charge in [0.25, 0.3) is 0 Å². The number of allylic oxidation sites excluding steroid dienone is 2. The summed E-state index contributed by atoms with van der Waals surface area (Å²) in [6.07, 6.45) is 3.81. The fourth-order valence-corrected chi connectivity index (χ4v) is 4.17. The zero-order valence-corrected chi connectivity index (χ0v) is 8.98. The van der Waals surface area contributed by atoms with Gasteiger partial charge in [-0.25, -0.2) is 0 Å².